The molecular weight excluding hydrogens is 481 g/mol. The van der Waals surface area contributed by atoms with Gasteiger partial charge in [0, 0.05) is 18.2 Å². The summed E-state index contributed by atoms with van der Waals surface area (Å²) in [6.07, 6.45) is -2.08. The van der Waals surface area contributed by atoms with Gasteiger partial charge >= 0.3 is 19.4 Å². The summed E-state index contributed by atoms with van der Waals surface area (Å²) >= 11 is 0. The minimum absolute atomic E-state index is 0.228. The van der Waals surface area contributed by atoms with E-state index in [1.165, 1.54) is 13.1 Å². The fraction of sp³-hybridized carbons (Fsp3) is 0.500. The highest BCUT2D eigenvalue weighted by Crippen LogP contribution is 2.46. The van der Waals surface area contributed by atoms with Gasteiger partial charge < -0.3 is 19.1 Å². The van der Waals surface area contributed by atoms with E-state index < -0.39 is 55.4 Å². The third-order valence-corrected chi connectivity index (χ3v) is 6.89. The Morgan fingerprint density at radius 2 is 1.91 bits per heavy atom. The van der Waals surface area contributed by atoms with Gasteiger partial charge in [0.25, 0.3) is 5.56 Å². The first-order chi connectivity index (χ1) is 16.5. The zero-order chi connectivity index (χ0) is 25.8. The van der Waals surface area contributed by atoms with Gasteiger partial charge in [-0.1, -0.05) is 25.1 Å². The van der Waals surface area contributed by atoms with Crippen LogP contribution in [0.15, 0.2) is 52.2 Å². The van der Waals surface area contributed by atoms with Crippen molar-refractivity contribution in [3.8, 4) is 5.75 Å². The molecule has 1 aromatic heterocycles. The van der Waals surface area contributed by atoms with Crippen molar-refractivity contribution in [1.82, 2.24) is 14.6 Å². The van der Waals surface area contributed by atoms with Crippen molar-refractivity contribution in [2.24, 2.45) is 5.92 Å². The molecule has 2 heterocycles. The Morgan fingerprint density at radius 1 is 1.23 bits per heavy atom. The standard InChI is InChI=1S/C22H30N3O9P/c1-13(2)32-21(28)15(4)24-35(30,34-16-8-6-5-7-9-16)31-12-17-19(27)14(3)20(33-17)25-11-10-18(26)23-22(25)29/h5-11,13-15,17,19-20,27H,12H2,1-4H3,(H,24,30)(H,23,26,29)/t14-,15-,17+,19-,20?,35-/m0/s1. The number of carbonyl (C=O) groups is 1. The van der Waals surface area contributed by atoms with E-state index >= 15 is 0 Å². The summed E-state index contributed by atoms with van der Waals surface area (Å²) in [6.45, 7) is 6.10. The number of nitrogens with one attached hydrogen (secondary N) is 2. The lowest BCUT2D eigenvalue weighted by molar-refractivity contribution is -0.149. The van der Waals surface area contributed by atoms with Crippen LogP contribution in [0.2, 0.25) is 0 Å². The third-order valence-electron chi connectivity index (χ3n) is 5.24. The van der Waals surface area contributed by atoms with E-state index in [-0.39, 0.29) is 18.5 Å². The number of aromatic amines is 1. The van der Waals surface area contributed by atoms with Crippen LogP contribution in [0.25, 0.3) is 0 Å². The van der Waals surface area contributed by atoms with Crippen molar-refractivity contribution in [3.05, 3.63) is 63.4 Å². The highest BCUT2D eigenvalue weighted by atomic mass is 31.2. The molecular formula is C22H30N3O9P. The summed E-state index contributed by atoms with van der Waals surface area (Å²) < 4.78 is 36.8. The predicted octanol–water partition coefficient (Wildman–Crippen LogP) is 1.56. The molecule has 0 spiro atoms. The molecule has 6 atom stereocenters. The number of aromatic nitrogens is 2. The van der Waals surface area contributed by atoms with Crippen LogP contribution < -0.4 is 20.9 Å². The van der Waals surface area contributed by atoms with Gasteiger partial charge in [0.2, 0.25) is 0 Å². The molecule has 1 saturated heterocycles. The zero-order valence-corrected chi connectivity index (χ0v) is 20.7. The average Bonchev–Trinajstić information content (AvgIpc) is 3.06. The van der Waals surface area contributed by atoms with Crippen LogP contribution in [0.4, 0.5) is 0 Å². The lowest BCUT2D eigenvalue weighted by atomic mass is 10.0. The Hall–Kier alpha value is -2.76. The Bertz CT molecular complexity index is 1170. The number of nitrogens with zero attached hydrogens (tertiary/aromatic N) is 1. The molecule has 192 valence electrons. The van der Waals surface area contributed by atoms with Crippen molar-refractivity contribution in [3.63, 3.8) is 0 Å². The maximum atomic E-state index is 13.6. The van der Waals surface area contributed by atoms with Gasteiger partial charge in [-0.2, -0.15) is 5.09 Å². The number of aliphatic hydroxyl groups is 1. The second kappa shape index (κ2) is 11.3. The quantitative estimate of drug-likeness (QED) is 0.316. The third kappa shape index (κ3) is 6.89. The number of benzene rings is 1. The van der Waals surface area contributed by atoms with Crippen molar-refractivity contribution in [2.75, 3.05) is 6.61 Å². The van der Waals surface area contributed by atoms with E-state index in [0.717, 1.165) is 10.6 Å². The SMILES string of the molecule is CC(C)OC(=O)[C@H](C)N[P@](=O)(OC[C@H]1OC(n2ccc(=O)[nH]c2=O)[C@@H](C)[C@@H]1O)Oc1ccccc1. The molecule has 12 nitrogen and oxygen atoms in total. The summed E-state index contributed by atoms with van der Waals surface area (Å²) in [6, 6.07) is 8.36. The van der Waals surface area contributed by atoms with Crippen molar-refractivity contribution in [1.29, 1.82) is 0 Å². The summed E-state index contributed by atoms with van der Waals surface area (Å²) in [7, 11) is -4.16. The molecule has 1 fully saturated rings. The van der Waals surface area contributed by atoms with Gasteiger partial charge in [-0.3, -0.25) is 23.7 Å². The minimum Gasteiger partial charge on any atom is -0.462 e. The Labute approximate surface area is 201 Å². The van der Waals surface area contributed by atoms with Crippen LogP contribution in [-0.4, -0.2) is 51.6 Å². The first-order valence-corrected chi connectivity index (χ1v) is 12.7. The number of ether oxygens (including phenoxy) is 2. The highest BCUT2D eigenvalue weighted by Gasteiger charge is 2.44. The number of carbonyl (C=O) groups excluding carboxylic acids is 1. The Balaban J connectivity index is 1.75. The molecule has 1 aliphatic heterocycles. The van der Waals surface area contributed by atoms with E-state index in [1.807, 2.05) is 0 Å². The molecule has 0 amide bonds. The number of hydrogen-bond acceptors (Lipinski definition) is 9. The molecule has 1 aromatic carbocycles. The van der Waals surface area contributed by atoms with E-state index in [4.69, 9.17) is 18.5 Å². The predicted molar refractivity (Wildman–Crippen MR) is 125 cm³/mol. The van der Waals surface area contributed by atoms with Crippen molar-refractivity contribution >= 4 is 13.7 Å². The van der Waals surface area contributed by atoms with E-state index in [9.17, 15) is 24.1 Å². The number of aliphatic hydroxyl groups excluding tert-OH is 1. The van der Waals surface area contributed by atoms with Crippen LogP contribution >= 0.6 is 7.75 Å². The number of rotatable bonds is 10. The first kappa shape index (κ1) is 26.8. The monoisotopic (exact) mass is 511 g/mol. The topological polar surface area (TPSA) is 158 Å². The Morgan fingerprint density at radius 3 is 2.54 bits per heavy atom. The molecule has 0 saturated carbocycles. The number of esters is 1. The van der Waals surface area contributed by atoms with Gasteiger partial charge in [-0.05, 0) is 32.9 Å². The maximum absolute atomic E-state index is 13.6. The van der Waals surface area contributed by atoms with Crippen molar-refractivity contribution in [2.45, 2.75) is 58.3 Å². The fourth-order valence-electron chi connectivity index (χ4n) is 3.48. The van der Waals surface area contributed by atoms with E-state index in [0.29, 0.717) is 0 Å². The van der Waals surface area contributed by atoms with E-state index in [2.05, 4.69) is 10.1 Å². The smallest absolute Gasteiger partial charge is 0.459 e. The molecule has 3 rings (SSSR count). The molecule has 13 heteroatoms. The summed E-state index contributed by atoms with van der Waals surface area (Å²) in [5.41, 5.74) is -1.26. The summed E-state index contributed by atoms with van der Waals surface area (Å²) in [5, 5.41) is 13.2. The number of hydrogen-bond donors (Lipinski definition) is 3. The molecule has 2 aromatic rings. The van der Waals surface area contributed by atoms with Crippen LogP contribution in [0, 0.1) is 5.92 Å². The van der Waals surface area contributed by atoms with Crippen LogP contribution in [0.1, 0.15) is 33.9 Å². The summed E-state index contributed by atoms with van der Waals surface area (Å²) in [4.78, 5) is 37.9. The lowest BCUT2D eigenvalue weighted by Crippen LogP contribution is -2.37. The van der Waals surface area contributed by atoms with Gasteiger partial charge in [0.1, 0.15) is 24.1 Å². The number of para-hydroxylation sites is 1. The van der Waals surface area contributed by atoms with Crippen molar-refractivity contribution < 1.29 is 33.0 Å². The lowest BCUT2D eigenvalue weighted by Gasteiger charge is -2.25. The molecule has 3 N–H and O–H groups in total. The van der Waals surface area contributed by atoms with Gasteiger partial charge in [-0.25, -0.2) is 9.36 Å². The van der Waals surface area contributed by atoms with Gasteiger partial charge in [-0.15, -0.1) is 0 Å². The summed E-state index contributed by atoms with van der Waals surface area (Å²) in [5.74, 6) is -0.981. The van der Waals surface area contributed by atoms with Gasteiger partial charge in [0.15, 0.2) is 0 Å². The van der Waals surface area contributed by atoms with E-state index in [1.54, 1.807) is 51.1 Å². The number of H-pyrrole nitrogens is 1. The van der Waals surface area contributed by atoms with Crippen LogP contribution in [0.5, 0.6) is 5.75 Å². The zero-order valence-electron chi connectivity index (χ0n) is 19.8. The fourth-order valence-corrected chi connectivity index (χ4v) is 4.98. The largest absolute Gasteiger partial charge is 0.462 e. The molecule has 0 aliphatic carbocycles. The van der Waals surface area contributed by atoms with Gasteiger partial charge in [0.05, 0.1) is 18.8 Å². The second-order valence-electron chi connectivity index (χ2n) is 8.47. The second-order valence-corrected chi connectivity index (χ2v) is 10.2. The molecule has 1 aliphatic rings. The highest BCUT2D eigenvalue weighted by molar-refractivity contribution is 7.52. The average molecular weight is 511 g/mol. The molecule has 0 radical (unpaired) electrons. The van der Waals surface area contributed by atoms with Crippen LogP contribution in [0.3, 0.4) is 0 Å². The molecule has 1 unspecified atom stereocenters. The minimum atomic E-state index is -4.16. The normalized spacial score (nSPS) is 24.6. The molecule has 35 heavy (non-hydrogen) atoms. The first-order valence-electron chi connectivity index (χ1n) is 11.1. The maximum Gasteiger partial charge on any atom is 0.459 e. The van der Waals surface area contributed by atoms with Crippen LogP contribution in [-0.2, 0) is 23.4 Å². The molecule has 0 bridgehead atoms. The Kier molecular flexibility index (Phi) is 8.68.